The Morgan fingerprint density at radius 3 is 2.23 bits per heavy atom. The highest BCUT2D eigenvalue weighted by Crippen LogP contribution is 2.61. The maximum Gasteiger partial charge on any atom is 0.240 e. The first-order valence-corrected chi connectivity index (χ1v) is 9.02. The van der Waals surface area contributed by atoms with Crippen LogP contribution in [0, 0.1) is 23.2 Å². The molecule has 3 saturated heterocycles. The minimum atomic E-state index is -0.570. The Kier molecular flexibility index (Phi) is 2.87. The zero-order valence-corrected chi connectivity index (χ0v) is 14.8. The van der Waals surface area contributed by atoms with E-state index in [9.17, 15) is 14.9 Å². The summed E-state index contributed by atoms with van der Waals surface area (Å²) >= 11 is 0. The molecule has 4 atom stereocenters. The molecule has 0 saturated carbocycles. The van der Waals surface area contributed by atoms with Gasteiger partial charge in [0, 0.05) is 13.1 Å². The van der Waals surface area contributed by atoms with Gasteiger partial charge in [-0.1, -0.05) is 0 Å². The number of amides is 2. The Labute approximate surface area is 151 Å². The number of rotatable bonds is 1. The highest BCUT2D eigenvalue weighted by atomic mass is 16.5. The van der Waals surface area contributed by atoms with Crippen molar-refractivity contribution in [3.8, 4) is 6.07 Å². The lowest BCUT2D eigenvalue weighted by molar-refractivity contribution is -0.129. The number of imide groups is 1. The Morgan fingerprint density at radius 2 is 1.65 bits per heavy atom. The molecule has 1 aromatic rings. The van der Waals surface area contributed by atoms with E-state index < -0.39 is 23.0 Å². The number of benzene rings is 1. The summed E-state index contributed by atoms with van der Waals surface area (Å²) in [5.74, 6) is -1.25. The number of fused-ring (bicyclic) bond motifs is 6. The standard InChI is InChI=1S/C19H20N4O3/c1-18-5-6-19(2,26-18)13-12(18)16(24)23(17(13)25)11-4-3-10(9-20)14-15(11)22-8-7-21-14/h3-4,12-13,21-22H,5-8H2,1-2H3. The quantitative estimate of drug-likeness (QED) is 0.749. The van der Waals surface area contributed by atoms with Crippen molar-refractivity contribution in [2.45, 2.75) is 37.9 Å². The van der Waals surface area contributed by atoms with Crippen LogP contribution in [0.25, 0.3) is 0 Å². The van der Waals surface area contributed by atoms with E-state index in [-0.39, 0.29) is 11.8 Å². The summed E-state index contributed by atoms with van der Waals surface area (Å²) in [6.45, 7) is 5.25. The average Bonchev–Trinajstić information content (AvgIpc) is 3.18. The molecule has 0 radical (unpaired) electrons. The molecule has 2 amide bonds. The smallest absolute Gasteiger partial charge is 0.240 e. The van der Waals surface area contributed by atoms with Crippen molar-refractivity contribution in [1.29, 1.82) is 5.26 Å². The number of hydrogen-bond donors (Lipinski definition) is 2. The molecule has 26 heavy (non-hydrogen) atoms. The maximum atomic E-state index is 13.3. The van der Waals surface area contributed by atoms with Crippen molar-refractivity contribution >= 4 is 28.9 Å². The monoisotopic (exact) mass is 352 g/mol. The molecule has 4 aliphatic heterocycles. The average molecular weight is 352 g/mol. The van der Waals surface area contributed by atoms with Gasteiger partial charge in [0.2, 0.25) is 11.8 Å². The molecule has 4 unspecified atom stereocenters. The third-order valence-electron chi connectivity index (χ3n) is 6.48. The Hall–Kier alpha value is -2.59. The molecular weight excluding hydrogens is 332 g/mol. The molecule has 4 aliphatic rings. The molecule has 2 N–H and O–H groups in total. The molecule has 2 bridgehead atoms. The van der Waals surface area contributed by atoms with Crippen LogP contribution in [0.1, 0.15) is 32.3 Å². The van der Waals surface area contributed by atoms with Gasteiger partial charge in [0.1, 0.15) is 6.07 Å². The van der Waals surface area contributed by atoms with Gasteiger partial charge in [-0.25, -0.2) is 4.90 Å². The molecule has 3 fully saturated rings. The molecule has 7 heteroatoms. The second kappa shape index (κ2) is 4.77. The van der Waals surface area contributed by atoms with Gasteiger partial charge in [0.15, 0.2) is 0 Å². The normalized spacial score (nSPS) is 37.0. The predicted molar refractivity (Wildman–Crippen MR) is 94.7 cm³/mol. The van der Waals surface area contributed by atoms with E-state index in [1.165, 1.54) is 4.90 Å². The fourth-order valence-electron chi connectivity index (χ4n) is 5.31. The third-order valence-corrected chi connectivity index (χ3v) is 6.48. The fraction of sp³-hybridized carbons (Fsp3) is 0.526. The van der Waals surface area contributed by atoms with Crippen molar-refractivity contribution < 1.29 is 14.3 Å². The number of hydrogen-bond acceptors (Lipinski definition) is 6. The van der Waals surface area contributed by atoms with Gasteiger partial charge in [-0.05, 0) is 38.8 Å². The van der Waals surface area contributed by atoms with E-state index >= 15 is 0 Å². The van der Waals surface area contributed by atoms with E-state index in [1.807, 2.05) is 13.8 Å². The minimum Gasteiger partial charge on any atom is -0.380 e. The van der Waals surface area contributed by atoms with Crippen molar-refractivity contribution in [2.24, 2.45) is 11.8 Å². The first-order valence-electron chi connectivity index (χ1n) is 9.02. The highest BCUT2D eigenvalue weighted by Gasteiger charge is 2.72. The lowest BCUT2D eigenvalue weighted by Crippen LogP contribution is -2.40. The van der Waals surface area contributed by atoms with Gasteiger partial charge in [0.25, 0.3) is 0 Å². The van der Waals surface area contributed by atoms with E-state index in [1.54, 1.807) is 12.1 Å². The van der Waals surface area contributed by atoms with Crippen LogP contribution in [-0.2, 0) is 14.3 Å². The summed E-state index contributed by atoms with van der Waals surface area (Å²) in [7, 11) is 0. The Morgan fingerprint density at radius 1 is 1.08 bits per heavy atom. The molecular formula is C19H20N4O3. The van der Waals surface area contributed by atoms with Gasteiger partial charge in [-0.15, -0.1) is 0 Å². The second-order valence-corrected chi connectivity index (χ2v) is 8.04. The van der Waals surface area contributed by atoms with Crippen molar-refractivity contribution in [2.75, 3.05) is 28.6 Å². The topological polar surface area (TPSA) is 94.5 Å². The summed E-state index contributed by atoms with van der Waals surface area (Å²) in [5, 5.41) is 15.8. The molecule has 0 aromatic heterocycles. The van der Waals surface area contributed by atoms with Crippen LogP contribution in [0.3, 0.4) is 0 Å². The number of nitrogens with zero attached hydrogens (tertiary/aromatic N) is 2. The summed E-state index contributed by atoms with van der Waals surface area (Å²) in [5.41, 5.74) is 1.20. The molecule has 0 spiro atoms. The van der Waals surface area contributed by atoms with Crippen molar-refractivity contribution in [3.05, 3.63) is 17.7 Å². The predicted octanol–water partition coefficient (Wildman–Crippen LogP) is 1.84. The first-order chi connectivity index (χ1) is 12.4. The Balaban J connectivity index is 1.64. The molecule has 0 aliphatic carbocycles. The number of nitriles is 1. The molecule has 4 heterocycles. The zero-order valence-electron chi connectivity index (χ0n) is 14.8. The number of carbonyl (C=O) groups is 2. The molecule has 5 rings (SSSR count). The van der Waals surface area contributed by atoms with Crippen LogP contribution in [0.15, 0.2) is 12.1 Å². The van der Waals surface area contributed by atoms with Gasteiger partial charge in [-0.2, -0.15) is 5.26 Å². The van der Waals surface area contributed by atoms with Crippen LogP contribution >= 0.6 is 0 Å². The maximum absolute atomic E-state index is 13.3. The van der Waals surface area contributed by atoms with Gasteiger partial charge in [0.05, 0.1) is 45.7 Å². The Bertz CT molecular complexity index is 873. The first kappa shape index (κ1) is 15.6. The summed E-state index contributed by atoms with van der Waals surface area (Å²) in [4.78, 5) is 27.9. The van der Waals surface area contributed by atoms with Crippen LogP contribution in [0.5, 0.6) is 0 Å². The van der Waals surface area contributed by atoms with Crippen LogP contribution in [0.2, 0.25) is 0 Å². The van der Waals surface area contributed by atoms with Crippen molar-refractivity contribution in [1.82, 2.24) is 0 Å². The summed E-state index contributed by atoms with van der Waals surface area (Å²) in [6, 6.07) is 5.52. The second-order valence-electron chi connectivity index (χ2n) is 8.04. The lowest BCUT2D eigenvalue weighted by atomic mass is 9.69. The van der Waals surface area contributed by atoms with Crippen LogP contribution in [-0.4, -0.2) is 36.1 Å². The molecule has 134 valence electrons. The minimum absolute atomic E-state index is 0.190. The van der Waals surface area contributed by atoms with E-state index in [0.717, 1.165) is 12.8 Å². The SMILES string of the molecule is CC12CCC(C)(O1)C1C(=O)N(c3ccc(C#N)c4c3NCCN4)C(=O)C12. The molecule has 1 aromatic carbocycles. The van der Waals surface area contributed by atoms with Gasteiger partial charge < -0.3 is 15.4 Å². The van der Waals surface area contributed by atoms with Crippen LogP contribution < -0.4 is 15.5 Å². The number of nitrogens with one attached hydrogen (secondary N) is 2. The lowest BCUT2D eigenvalue weighted by Gasteiger charge is -2.29. The summed E-state index contributed by atoms with van der Waals surface area (Å²) in [6.07, 6.45) is 1.59. The van der Waals surface area contributed by atoms with Gasteiger partial charge >= 0.3 is 0 Å². The van der Waals surface area contributed by atoms with E-state index in [2.05, 4.69) is 16.7 Å². The number of anilines is 3. The zero-order chi connectivity index (χ0) is 18.3. The van der Waals surface area contributed by atoms with E-state index in [0.29, 0.717) is 35.7 Å². The van der Waals surface area contributed by atoms with Crippen LogP contribution in [0.4, 0.5) is 17.1 Å². The largest absolute Gasteiger partial charge is 0.380 e. The van der Waals surface area contributed by atoms with Gasteiger partial charge in [-0.3, -0.25) is 9.59 Å². The number of carbonyl (C=O) groups excluding carboxylic acids is 2. The highest BCUT2D eigenvalue weighted by molar-refractivity contribution is 6.25. The number of ether oxygens (including phenoxy) is 1. The fourth-order valence-corrected chi connectivity index (χ4v) is 5.31. The van der Waals surface area contributed by atoms with E-state index in [4.69, 9.17) is 4.74 Å². The third kappa shape index (κ3) is 1.70. The molecule has 7 nitrogen and oxygen atoms in total. The van der Waals surface area contributed by atoms with Crippen molar-refractivity contribution in [3.63, 3.8) is 0 Å². The summed E-state index contributed by atoms with van der Waals surface area (Å²) < 4.78 is 6.15.